The van der Waals surface area contributed by atoms with E-state index in [0.717, 1.165) is 0 Å². The normalized spacial score (nSPS) is 15.6. The highest BCUT2D eigenvalue weighted by atomic mass is 16.6. The third-order valence-corrected chi connectivity index (χ3v) is 4.18. The average molecular weight is 351 g/mol. The van der Waals surface area contributed by atoms with Crippen LogP contribution < -0.4 is 20.3 Å². The van der Waals surface area contributed by atoms with Gasteiger partial charge in [-0.15, -0.1) is 0 Å². The van der Waals surface area contributed by atoms with Crippen LogP contribution >= 0.6 is 0 Å². The van der Waals surface area contributed by atoms with Gasteiger partial charge in [-0.25, -0.2) is 4.98 Å². The van der Waals surface area contributed by atoms with Gasteiger partial charge in [-0.3, -0.25) is 14.2 Å². The summed E-state index contributed by atoms with van der Waals surface area (Å²) in [5, 5.41) is 3.33. The highest BCUT2D eigenvalue weighted by Crippen LogP contribution is 2.30. The van der Waals surface area contributed by atoms with E-state index in [1.54, 1.807) is 30.3 Å². The smallest absolute Gasteiger partial charge is 0.264 e. The summed E-state index contributed by atoms with van der Waals surface area (Å²) < 4.78 is 12.7. The fourth-order valence-corrected chi connectivity index (χ4v) is 2.83. The van der Waals surface area contributed by atoms with E-state index in [1.807, 2.05) is 18.2 Å². The van der Waals surface area contributed by atoms with Gasteiger partial charge in [0.1, 0.15) is 6.61 Å². The average Bonchev–Trinajstić information content (AvgIpc) is 2.69. The van der Waals surface area contributed by atoms with Crippen molar-refractivity contribution in [3.8, 4) is 11.5 Å². The minimum Gasteiger partial charge on any atom is -0.485 e. The second kappa shape index (κ2) is 6.87. The van der Waals surface area contributed by atoms with Crippen molar-refractivity contribution in [3.63, 3.8) is 0 Å². The van der Waals surface area contributed by atoms with E-state index in [0.29, 0.717) is 35.5 Å². The van der Waals surface area contributed by atoms with Crippen molar-refractivity contribution in [2.75, 3.05) is 13.2 Å². The van der Waals surface area contributed by atoms with Crippen LogP contribution in [-0.2, 0) is 11.3 Å². The zero-order valence-corrected chi connectivity index (χ0v) is 13.9. The van der Waals surface area contributed by atoms with Gasteiger partial charge >= 0.3 is 0 Å². The third kappa shape index (κ3) is 3.11. The van der Waals surface area contributed by atoms with Crippen LogP contribution in [0, 0.1) is 0 Å². The second-order valence-electron chi connectivity index (χ2n) is 5.92. The van der Waals surface area contributed by atoms with Crippen LogP contribution in [0.15, 0.2) is 59.7 Å². The third-order valence-electron chi connectivity index (χ3n) is 4.18. The quantitative estimate of drug-likeness (QED) is 0.767. The summed E-state index contributed by atoms with van der Waals surface area (Å²) in [5.41, 5.74) is 0.528. The number of benzene rings is 2. The van der Waals surface area contributed by atoms with Gasteiger partial charge in [-0.05, 0) is 24.3 Å². The van der Waals surface area contributed by atoms with Crippen molar-refractivity contribution in [2.45, 2.75) is 12.6 Å². The van der Waals surface area contributed by atoms with Crippen LogP contribution in [0.5, 0.6) is 11.5 Å². The zero-order chi connectivity index (χ0) is 17.9. The molecule has 2 heterocycles. The molecule has 1 aliphatic heterocycles. The van der Waals surface area contributed by atoms with Crippen LogP contribution in [0.1, 0.15) is 0 Å². The number of hydrogen-bond acceptors (Lipinski definition) is 5. The Bertz CT molecular complexity index is 1010. The van der Waals surface area contributed by atoms with Gasteiger partial charge in [-0.2, -0.15) is 0 Å². The van der Waals surface area contributed by atoms with E-state index < -0.39 is 6.10 Å². The van der Waals surface area contributed by atoms with Crippen LogP contribution in [-0.4, -0.2) is 34.7 Å². The summed E-state index contributed by atoms with van der Waals surface area (Å²) in [4.78, 5) is 28.9. The Morgan fingerprint density at radius 1 is 1.15 bits per heavy atom. The number of rotatable bonds is 4. The van der Waals surface area contributed by atoms with Crippen LogP contribution in [0.2, 0.25) is 0 Å². The summed E-state index contributed by atoms with van der Waals surface area (Å²) in [5.74, 6) is 0.903. The number of ether oxygens (including phenoxy) is 2. The minimum absolute atomic E-state index is 0.129. The Hall–Kier alpha value is -3.35. The Kier molecular flexibility index (Phi) is 4.27. The van der Waals surface area contributed by atoms with Gasteiger partial charge in [0.2, 0.25) is 6.10 Å². The number of carbonyl (C=O) groups excluding carboxylic acids is 1. The molecule has 1 amide bonds. The lowest BCUT2D eigenvalue weighted by atomic mass is 10.2. The molecule has 132 valence electrons. The second-order valence-corrected chi connectivity index (χ2v) is 5.92. The number of hydrogen-bond donors (Lipinski definition) is 1. The maximum atomic E-state index is 12.4. The molecule has 1 atom stereocenters. The van der Waals surface area contributed by atoms with E-state index in [2.05, 4.69) is 10.3 Å². The Morgan fingerprint density at radius 3 is 2.81 bits per heavy atom. The molecule has 4 rings (SSSR count). The van der Waals surface area contributed by atoms with E-state index in [-0.39, 0.29) is 18.1 Å². The molecule has 0 saturated heterocycles. The minimum atomic E-state index is -0.712. The molecule has 0 aliphatic carbocycles. The van der Waals surface area contributed by atoms with Crippen LogP contribution in [0.3, 0.4) is 0 Å². The molecular weight excluding hydrogens is 334 g/mol. The number of nitrogens with zero attached hydrogens (tertiary/aromatic N) is 2. The van der Waals surface area contributed by atoms with Crippen LogP contribution in [0.4, 0.5) is 0 Å². The Labute approximate surface area is 149 Å². The molecule has 26 heavy (non-hydrogen) atoms. The van der Waals surface area contributed by atoms with Crippen molar-refractivity contribution in [3.05, 3.63) is 65.2 Å². The van der Waals surface area contributed by atoms with Crippen LogP contribution in [0.25, 0.3) is 10.9 Å². The summed E-state index contributed by atoms with van der Waals surface area (Å²) in [6, 6.07) is 14.4. The highest BCUT2D eigenvalue weighted by Gasteiger charge is 2.26. The molecule has 0 saturated carbocycles. The van der Waals surface area contributed by atoms with Crippen molar-refractivity contribution < 1.29 is 14.3 Å². The van der Waals surface area contributed by atoms with Gasteiger partial charge in [-0.1, -0.05) is 24.3 Å². The number of amides is 1. The number of carbonyl (C=O) groups is 1. The van der Waals surface area contributed by atoms with Crippen molar-refractivity contribution in [1.82, 2.24) is 14.9 Å². The number of para-hydroxylation sites is 3. The molecule has 7 nitrogen and oxygen atoms in total. The van der Waals surface area contributed by atoms with Gasteiger partial charge in [0.05, 0.1) is 17.2 Å². The first-order valence-electron chi connectivity index (χ1n) is 8.33. The van der Waals surface area contributed by atoms with Gasteiger partial charge in [0.25, 0.3) is 11.5 Å². The molecular formula is C19H17N3O4. The van der Waals surface area contributed by atoms with Crippen molar-refractivity contribution in [2.24, 2.45) is 0 Å². The molecule has 3 aromatic rings. The Balaban J connectivity index is 1.37. The Morgan fingerprint density at radius 2 is 1.92 bits per heavy atom. The summed E-state index contributed by atoms with van der Waals surface area (Å²) in [7, 11) is 0. The number of nitrogens with one attached hydrogen (secondary N) is 1. The fourth-order valence-electron chi connectivity index (χ4n) is 2.83. The predicted molar refractivity (Wildman–Crippen MR) is 95.4 cm³/mol. The first-order valence-corrected chi connectivity index (χ1v) is 8.33. The van der Waals surface area contributed by atoms with Gasteiger partial charge < -0.3 is 14.8 Å². The topological polar surface area (TPSA) is 82.5 Å². The molecule has 1 aliphatic rings. The maximum absolute atomic E-state index is 12.4. The number of aromatic nitrogens is 2. The molecule has 2 aromatic carbocycles. The lowest BCUT2D eigenvalue weighted by Gasteiger charge is -2.25. The van der Waals surface area contributed by atoms with E-state index in [4.69, 9.17) is 9.47 Å². The predicted octanol–water partition coefficient (Wildman–Crippen LogP) is 1.35. The molecule has 7 heteroatoms. The van der Waals surface area contributed by atoms with Crippen molar-refractivity contribution >= 4 is 16.8 Å². The molecule has 0 fully saturated rings. The molecule has 0 spiro atoms. The molecule has 1 N–H and O–H groups in total. The molecule has 0 bridgehead atoms. The lowest BCUT2D eigenvalue weighted by molar-refractivity contribution is -0.130. The van der Waals surface area contributed by atoms with Gasteiger partial charge in [0.15, 0.2) is 11.5 Å². The van der Waals surface area contributed by atoms with E-state index in [1.165, 1.54) is 10.9 Å². The number of fused-ring (bicyclic) bond motifs is 2. The van der Waals surface area contributed by atoms with E-state index >= 15 is 0 Å². The SMILES string of the molecule is O=C(NCCn1cnc2ccccc2c1=O)[C@@H]1COc2ccccc2O1. The molecule has 0 radical (unpaired) electrons. The lowest BCUT2D eigenvalue weighted by Crippen LogP contribution is -2.45. The summed E-state index contributed by atoms with van der Waals surface area (Å²) >= 11 is 0. The summed E-state index contributed by atoms with van der Waals surface area (Å²) in [6.45, 7) is 0.771. The first kappa shape index (κ1) is 16.1. The standard InChI is InChI=1S/C19H17N3O4/c23-18(17-11-25-15-7-3-4-8-16(15)26-17)20-9-10-22-12-21-14-6-2-1-5-13(14)19(22)24/h1-8,12,17H,9-11H2,(H,20,23)/t17-/m0/s1. The molecule has 1 aromatic heterocycles. The fraction of sp³-hybridized carbons (Fsp3) is 0.211. The zero-order valence-electron chi connectivity index (χ0n) is 13.9. The van der Waals surface area contributed by atoms with Crippen molar-refractivity contribution in [1.29, 1.82) is 0 Å². The maximum Gasteiger partial charge on any atom is 0.264 e. The van der Waals surface area contributed by atoms with E-state index in [9.17, 15) is 9.59 Å². The van der Waals surface area contributed by atoms with Gasteiger partial charge in [0, 0.05) is 13.1 Å². The largest absolute Gasteiger partial charge is 0.485 e. The molecule has 0 unspecified atom stereocenters. The first-order chi connectivity index (χ1) is 12.7. The monoisotopic (exact) mass is 351 g/mol. The summed E-state index contributed by atoms with van der Waals surface area (Å²) in [6.07, 6.45) is 0.782. The highest BCUT2D eigenvalue weighted by molar-refractivity contribution is 5.81.